The zero-order chi connectivity index (χ0) is 21.8. The topological polar surface area (TPSA) is 101 Å². The van der Waals surface area contributed by atoms with Crippen molar-refractivity contribution in [3.63, 3.8) is 0 Å². The maximum Gasteiger partial charge on any atom is 0.255 e. The molecule has 3 heterocycles. The smallest absolute Gasteiger partial charge is 0.255 e. The molecule has 0 radical (unpaired) electrons. The SMILES string of the molecule is CCn1ncc2c(NC3CCOCC3)c(C(=O)NC(c3ccccc3)C(C)O)cnc21. The van der Waals surface area contributed by atoms with E-state index in [1.165, 1.54) is 0 Å². The Balaban J connectivity index is 1.69. The summed E-state index contributed by atoms with van der Waals surface area (Å²) in [7, 11) is 0. The average molecular weight is 424 g/mol. The minimum atomic E-state index is -0.752. The zero-order valence-electron chi connectivity index (χ0n) is 17.9. The van der Waals surface area contributed by atoms with E-state index in [1.807, 2.05) is 41.9 Å². The van der Waals surface area contributed by atoms with E-state index in [-0.39, 0.29) is 11.9 Å². The quantitative estimate of drug-likeness (QED) is 0.540. The molecule has 2 aromatic heterocycles. The predicted molar refractivity (Wildman–Crippen MR) is 119 cm³/mol. The van der Waals surface area contributed by atoms with Crippen LogP contribution in [0, 0.1) is 0 Å². The lowest BCUT2D eigenvalue weighted by Gasteiger charge is -2.26. The second kappa shape index (κ2) is 9.45. The van der Waals surface area contributed by atoms with Crippen LogP contribution in [0.25, 0.3) is 11.0 Å². The van der Waals surface area contributed by atoms with Gasteiger partial charge in [-0.25, -0.2) is 9.67 Å². The fourth-order valence-electron chi connectivity index (χ4n) is 3.99. The molecule has 1 fully saturated rings. The number of rotatable bonds is 7. The first-order valence-corrected chi connectivity index (χ1v) is 10.8. The van der Waals surface area contributed by atoms with Crippen LogP contribution in [0.2, 0.25) is 0 Å². The number of pyridine rings is 1. The van der Waals surface area contributed by atoms with Gasteiger partial charge in [0.05, 0.1) is 35.0 Å². The van der Waals surface area contributed by atoms with Crippen molar-refractivity contribution in [1.29, 1.82) is 0 Å². The molecule has 164 valence electrons. The molecule has 0 bridgehead atoms. The van der Waals surface area contributed by atoms with Gasteiger partial charge in [-0.1, -0.05) is 30.3 Å². The van der Waals surface area contributed by atoms with Crippen molar-refractivity contribution >= 4 is 22.6 Å². The molecule has 8 nitrogen and oxygen atoms in total. The molecule has 2 atom stereocenters. The number of hydrogen-bond acceptors (Lipinski definition) is 6. The van der Waals surface area contributed by atoms with Crippen LogP contribution in [-0.4, -0.2) is 51.1 Å². The van der Waals surface area contributed by atoms with Crippen LogP contribution in [0.15, 0.2) is 42.7 Å². The van der Waals surface area contributed by atoms with Crippen molar-refractivity contribution in [2.24, 2.45) is 0 Å². The van der Waals surface area contributed by atoms with Crippen molar-refractivity contribution in [1.82, 2.24) is 20.1 Å². The number of nitrogens with zero attached hydrogens (tertiary/aromatic N) is 3. The van der Waals surface area contributed by atoms with Crippen molar-refractivity contribution in [2.75, 3.05) is 18.5 Å². The van der Waals surface area contributed by atoms with E-state index in [1.54, 1.807) is 19.3 Å². The van der Waals surface area contributed by atoms with E-state index < -0.39 is 12.1 Å². The number of aliphatic hydroxyl groups excluding tert-OH is 1. The van der Waals surface area contributed by atoms with Crippen molar-refractivity contribution in [2.45, 2.75) is 51.4 Å². The number of aromatic nitrogens is 3. The van der Waals surface area contributed by atoms with E-state index in [4.69, 9.17) is 4.74 Å². The predicted octanol–water partition coefficient (Wildman–Crippen LogP) is 2.89. The van der Waals surface area contributed by atoms with Crippen LogP contribution < -0.4 is 10.6 Å². The first-order valence-electron chi connectivity index (χ1n) is 10.8. The molecular formula is C23H29N5O3. The summed E-state index contributed by atoms with van der Waals surface area (Å²) >= 11 is 0. The Hall–Kier alpha value is -2.97. The second-order valence-corrected chi connectivity index (χ2v) is 7.88. The number of aryl methyl sites for hydroxylation is 1. The molecule has 1 aromatic carbocycles. The Labute approximate surface area is 181 Å². The normalized spacial score (nSPS) is 16.7. The summed E-state index contributed by atoms with van der Waals surface area (Å²) in [6, 6.07) is 9.15. The van der Waals surface area contributed by atoms with Crippen LogP contribution in [0.5, 0.6) is 0 Å². The largest absolute Gasteiger partial charge is 0.391 e. The number of carbonyl (C=O) groups is 1. The third-order valence-corrected chi connectivity index (χ3v) is 5.71. The van der Waals surface area contributed by atoms with Crippen LogP contribution >= 0.6 is 0 Å². The number of amides is 1. The number of hydrogen-bond donors (Lipinski definition) is 3. The summed E-state index contributed by atoms with van der Waals surface area (Å²) in [6.45, 7) is 5.76. The van der Waals surface area contributed by atoms with Gasteiger partial charge in [-0.2, -0.15) is 5.10 Å². The highest BCUT2D eigenvalue weighted by molar-refractivity contribution is 6.06. The van der Waals surface area contributed by atoms with E-state index in [0.29, 0.717) is 25.3 Å². The van der Waals surface area contributed by atoms with Crippen LogP contribution in [0.1, 0.15) is 48.7 Å². The molecule has 1 amide bonds. The van der Waals surface area contributed by atoms with Gasteiger partial charge in [0.25, 0.3) is 5.91 Å². The molecule has 1 saturated heterocycles. The molecule has 0 saturated carbocycles. The maximum absolute atomic E-state index is 13.4. The van der Waals surface area contributed by atoms with Gasteiger partial charge in [-0.3, -0.25) is 4.79 Å². The summed E-state index contributed by atoms with van der Waals surface area (Å²) < 4.78 is 7.29. The van der Waals surface area contributed by atoms with Crippen molar-refractivity contribution < 1.29 is 14.6 Å². The standard InChI is InChI=1S/C23H29N5O3/c1-3-28-22-18(14-25-28)21(26-17-9-11-31-12-10-17)19(13-24-22)23(30)27-20(15(2)29)16-7-5-4-6-8-16/h4-8,13-15,17,20,29H,3,9-12H2,1-2H3,(H,24,26)(H,27,30). The highest BCUT2D eigenvalue weighted by Gasteiger charge is 2.25. The fourth-order valence-corrected chi connectivity index (χ4v) is 3.99. The second-order valence-electron chi connectivity index (χ2n) is 7.88. The van der Waals surface area contributed by atoms with Gasteiger partial charge >= 0.3 is 0 Å². The Morgan fingerprint density at radius 2 is 2.00 bits per heavy atom. The molecular weight excluding hydrogens is 394 g/mol. The molecule has 1 aliphatic heterocycles. The molecule has 8 heteroatoms. The summed E-state index contributed by atoms with van der Waals surface area (Å²) in [6.07, 6.45) is 4.34. The van der Waals surface area contributed by atoms with Crippen molar-refractivity contribution in [3.05, 3.63) is 53.9 Å². The molecule has 3 aromatic rings. The molecule has 31 heavy (non-hydrogen) atoms. The Morgan fingerprint density at radius 1 is 1.26 bits per heavy atom. The van der Waals surface area contributed by atoms with Gasteiger partial charge in [0.15, 0.2) is 5.65 Å². The summed E-state index contributed by atoms with van der Waals surface area (Å²) in [5.74, 6) is -0.289. The summed E-state index contributed by atoms with van der Waals surface area (Å²) in [5, 5.41) is 22.1. The van der Waals surface area contributed by atoms with Crippen LogP contribution in [0.4, 0.5) is 5.69 Å². The molecule has 2 unspecified atom stereocenters. The average Bonchev–Trinajstić information content (AvgIpc) is 3.22. The Bertz CT molecular complexity index is 1030. The fraction of sp³-hybridized carbons (Fsp3) is 0.435. The highest BCUT2D eigenvalue weighted by Crippen LogP contribution is 2.29. The Morgan fingerprint density at radius 3 is 2.68 bits per heavy atom. The maximum atomic E-state index is 13.4. The first kappa shape index (κ1) is 21.3. The van der Waals surface area contributed by atoms with Crippen LogP contribution in [-0.2, 0) is 11.3 Å². The molecule has 0 spiro atoms. The third-order valence-electron chi connectivity index (χ3n) is 5.71. The van der Waals surface area contributed by atoms with E-state index in [2.05, 4.69) is 20.7 Å². The minimum Gasteiger partial charge on any atom is -0.391 e. The molecule has 0 aliphatic carbocycles. The monoisotopic (exact) mass is 423 g/mol. The van der Waals surface area contributed by atoms with Gasteiger partial charge in [0.1, 0.15) is 0 Å². The van der Waals surface area contributed by atoms with Crippen LogP contribution in [0.3, 0.4) is 0 Å². The number of nitrogens with one attached hydrogen (secondary N) is 2. The summed E-state index contributed by atoms with van der Waals surface area (Å²) in [5.41, 5.74) is 2.75. The van der Waals surface area contributed by atoms with Crippen molar-refractivity contribution in [3.8, 4) is 0 Å². The van der Waals surface area contributed by atoms with Gasteiger partial charge in [0.2, 0.25) is 0 Å². The number of anilines is 1. The Kier molecular flexibility index (Phi) is 6.48. The number of carbonyl (C=O) groups excluding carboxylic acids is 1. The van der Waals surface area contributed by atoms with E-state index in [0.717, 1.165) is 35.1 Å². The molecule has 1 aliphatic rings. The third kappa shape index (κ3) is 4.55. The lowest BCUT2D eigenvalue weighted by Crippen LogP contribution is -2.36. The molecule has 3 N–H and O–H groups in total. The number of aliphatic hydroxyl groups is 1. The lowest BCUT2D eigenvalue weighted by molar-refractivity contribution is 0.0857. The zero-order valence-corrected chi connectivity index (χ0v) is 17.9. The first-order chi connectivity index (χ1) is 15.1. The lowest BCUT2D eigenvalue weighted by atomic mass is 10.0. The van der Waals surface area contributed by atoms with E-state index in [9.17, 15) is 9.90 Å². The van der Waals surface area contributed by atoms with Gasteiger partial charge in [-0.15, -0.1) is 0 Å². The minimum absolute atomic E-state index is 0.206. The number of ether oxygens (including phenoxy) is 1. The van der Waals surface area contributed by atoms with Gasteiger partial charge in [-0.05, 0) is 32.3 Å². The highest BCUT2D eigenvalue weighted by atomic mass is 16.5. The molecule has 4 rings (SSSR count). The number of fused-ring (bicyclic) bond motifs is 1. The van der Waals surface area contributed by atoms with Gasteiger partial charge < -0.3 is 20.5 Å². The number of benzene rings is 1. The van der Waals surface area contributed by atoms with Gasteiger partial charge in [0, 0.05) is 32.0 Å². The van der Waals surface area contributed by atoms with E-state index >= 15 is 0 Å². The summed E-state index contributed by atoms with van der Waals surface area (Å²) in [4.78, 5) is 17.9.